The lowest BCUT2D eigenvalue weighted by molar-refractivity contribution is 0.0155. The molecule has 0 fully saturated rings. The lowest BCUT2D eigenvalue weighted by Gasteiger charge is -2.08. The van der Waals surface area contributed by atoms with Crippen molar-refractivity contribution in [3.05, 3.63) is 0 Å². The van der Waals surface area contributed by atoms with E-state index in [1.165, 1.54) is 0 Å². The lowest BCUT2D eigenvalue weighted by Crippen LogP contribution is -2.27. The Labute approximate surface area is 141 Å². The first-order valence-corrected chi connectivity index (χ1v) is 7.89. The van der Waals surface area contributed by atoms with Crippen molar-refractivity contribution >= 4 is 12.2 Å². The van der Waals surface area contributed by atoms with Crippen molar-refractivity contribution in [3.63, 3.8) is 0 Å². The third-order valence-corrected chi connectivity index (χ3v) is 2.50. The molecule has 0 unspecified atom stereocenters. The van der Waals surface area contributed by atoms with E-state index in [-0.39, 0.29) is 39.6 Å². The van der Waals surface area contributed by atoms with E-state index < -0.39 is 12.2 Å². The molecule has 2 amide bonds. The van der Waals surface area contributed by atoms with Crippen LogP contribution >= 0.6 is 0 Å². The van der Waals surface area contributed by atoms with Crippen LogP contribution in [0.25, 0.3) is 0 Å². The van der Waals surface area contributed by atoms with Gasteiger partial charge in [0.15, 0.2) is 0 Å². The molecule has 0 spiro atoms. The third kappa shape index (κ3) is 16.7. The molecule has 10 heteroatoms. The lowest BCUT2D eigenvalue weighted by atomic mass is 10.5. The van der Waals surface area contributed by atoms with Crippen LogP contribution in [0, 0.1) is 0 Å². The quantitative estimate of drug-likeness (QED) is 0.282. The van der Waals surface area contributed by atoms with E-state index in [4.69, 9.17) is 29.2 Å². The number of ether oxygens (including phenoxy) is 4. The van der Waals surface area contributed by atoms with Crippen molar-refractivity contribution in [1.82, 2.24) is 10.6 Å². The summed E-state index contributed by atoms with van der Waals surface area (Å²) < 4.78 is 20.0. The van der Waals surface area contributed by atoms with E-state index in [0.29, 0.717) is 39.1 Å². The molecule has 142 valence electrons. The van der Waals surface area contributed by atoms with E-state index in [0.717, 1.165) is 0 Å². The van der Waals surface area contributed by atoms with Crippen LogP contribution in [0.5, 0.6) is 0 Å². The van der Waals surface area contributed by atoms with E-state index >= 15 is 0 Å². The molecule has 10 nitrogen and oxygen atoms in total. The molecule has 0 aromatic heterocycles. The Bertz CT molecular complexity index is 287. The van der Waals surface area contributed by atoms with Crippen LogP contribution in [-0.2, 0) is 18.9 Å². The van der Waals surface area contributed by atoms with Gasteiger partial charge < -0.3 is 39.8 Å². The van der Waals surface area contributed by atoms with E-state index in [1.54, 1.807) is 0 Å². The molecule has 0 atom stereocenters. The summed E-state index contributed by atoms with van der Waals surface area (Å²) in [5.74, 6) is 0. The van der Waals surface area contributed by atoms with Crippen molar-refractivity contribution in [3.8, 4) is 0 Å². The van der Waals surface area contributed by atoms with Crippen LogP contribution in [0.3, 0.4) is 0 Å². The summed E-state index contributed by atoms with van der Waals surface area (Å²) in [6.07, 6.45) is -0.121. The van der Waals surface area contributed by atoms with E-state index in [9.17, 15) is 9.59 Å². The molecule has 0 heterocycles. The van der Waals surface area contributed by atoms with Crippen LogP contribution in [-0.4, -0.2) is 88.3 Å². The number of hydrogen-bond acceptors (Lipinski definition) is 8. The van der Waals surface area contributed by atoms with Crippen LogP contribution in [0.2, 0.25) is 0 Å². The predicted octanol–water partition coefficient (Wildman–Crippen LogP) is -0.763. The molecule has 0 aliphatic carbocycles. The van der Waals surface area contributed by atoms with Crippen molar-refractivity contribution in [2.24, 2.45) is 0 Å². The van der Waals surface area contributed by atoms with E-state index in [1.807, 2.05) is 0 Å². The smallest absolute Gasteiger partial charge is 0.407 e. The van der Waals surface area contributed by atoms with Gasteiger partial charge in [-0.25, -0.2) is 9.59 Å². The minimum Gasteiger partial charge on any atom is -0.447 e. The summed E-state index contributed by atoms with van der Waals surface area (Å²) in [4.78, 5) is 22.2. The fourth-order valence-electron chi connectivity index (χ4n) is 1.35. The number of carbonyl (C=O) groups excluding carboxylic acids is 2. The highest BCUT2D eigenvalue weighted by Gasteiger charge is 2.01. The number of hydrogen-bond donors (Lipinski definition) is 4. The number of alkyl carbamates (subject to hydrolysis) is 2. The van der Waals surface area contributed by atoms with Gasteiger partial charge in [0.1, 0.15) is 13.2 Å². The second kappa shape index (κ2) is 17.7. The number of carbonyl (C=O) groups is 2. The first-order chi connectivity index (χ1) is 11.7. The molecule has 0 aliphatic rings. The monoisotopic (exact) mass is 352 g/mol. The number of aliphatic hydroxyl groups is 2. The highest BCUT2D eigenvalue weighted by molar-refractivity contribution is 5.67. The molecule has 0 rings (SSSR count). The van der Waals surface area contributed by atoms with Crippen LogP contribution in [0.4, 0.5) is 9.59 Å². The molecule has 4 N–H and O–H groups in total. The summed E-state index contributed by atoms with van der Waals surface area (Å²) in [6.45, 7) is 2.18. The number of amides is 2. The second-order valence-corrected chi connectivity index (χ2v) is 4.50. The van der Waals surface area contributed by atoms with Gasteiger partial charge in [0.25, 0.3) is 0 Å². The molecule has 0 radical (unpaired) electrons. The van der Waals surface area contributed by atoms with Gasteiger partial charge in [-0.05, 0) is 12.8 Å². The number of rotatable bonds is 15. The average Bonchev–Trinajstić information content (AvgIpc) is 2.57. The van der Waals surface area contributed by atoms with Crippen LogP contribution in [0.1, 0.15) is 12.8 Å². The molecular formula is C14H28N2O8. The number of nitrogens with one attached hydrogen (secondary N) is 2. The van der Waals surface area contributed by atoms with Gasteiger partial charge >= 0.3 is 12.2 Å². The SMILES string of the molecule is O=C(NCCCO)OCCOCCOCCOC(=O)NCCCO. The molecule has 0 aromatic carbocycles. The molecule has 0 aliphatic heterocycles. The zero-order valence-electron chi connectivity index (χ0n) is 13.8. The normalized spacial score (nSPS) is 10.2. The number of aliphatic hydroxyl groups excluding tert-OH is 2. The van der Waals surface area contributed by atoms with Crippen molar-refractivity contribution in [2.45, 2.75) is 12.8 Å². The maximum atomic E-state index is 11.1. The van der Waals surface area contributed by atoms with Crippen molar-refractivity contribution in [1.29, 1.82) is 0 Å². The zero-order valence-corrected chi connectivity index (χ0v) is 13.8. The van der Waals surface area contributed by atoms with Gasteiger partial charge in [0, 0.05) is 26.3 Å². The van der Waals surface area contributed by atoms with Gasteiger partial charge in [0.05, 0.1) is 26.4 Å². The van der Waals surface area contributed by atoms with Crippen LogP contribution in [0.15, 0.2) is 0 Å². The van der Waals surface area contributed by atoms with Crippen molar-refractivity contribution in [2.75, 3.05) is 65.9 Å². The fraction of sp³-hybridized carbons (Fsp3) is 0.857. The standard InChI is InChI=1S/C14H28N2O8/c17-5-1-3-15-13(19)23-11-9-21-7-8-22-10-12-24-14(20)16-4-2-6-18/h17-18H,1-12H2,(H,15,19)(H,16,20). The van der Waals surface area contributed by atoms with E-state index in [2.05, 4.69) is 10.6 Å². The average molecular weight is 352 g/mol. The van der Waals surface area contributed by atoms with Gasteiger partial charge in [-0.1, -0.05) is 0 Å². The Morgan fingerprint density at radius 2 is 1.04 bits per heavy atom. The molecule has 0 saturated heterocycles. The fourth-order valence-corrected chi connectivity index (χ4v) is 1.35. The highest BCUT2D eigenvalue weighted by atomic mass is 16.6. The van der Waals surface area contributed by atoms with Gasteiger partial charge in [-0.2, -0.15) is 0 Å². The molecule has 0 bridgehead atoms. The van der Waals surface area contributed by atoms with Gasteiger partial charge in [-0.3, -0.25) is 0 Å². The highest BCUT2D eigenvalue weighted by Crippen LogP contribution is 1.85. The Hall–Kier alpha value is -1.62. The Morgan fingerprint density at radius 1 is 0.667 bits per heavy atom. The molecule has 24 heavy (non-hydrogen) atoms. The first kappa shape index (κ1) is 22.4. The third-order valence-electron chi connectivity index (χ3n) is 2.50. The minimum absolute atomic E-state index is 0.0167. The Kier molecular flexibility index (Phi) is 16.5. The molecular weight excluding hydrogens is 324 g/mol. The summed E-state index contributed by atoms with van der Waals surface area (Å²) in [5.41, 5.74) is 0. The van der Waals surface area contributed by atoms with Crippen LogP contribution < -0.4 is 10.6 Å². The van der Waals surface area contributed by atoms with Crippen molar-refractivity contribution < 1.29 is 38.7 Å². The topological polar surface area (TPSA) is 136 Å². The zero-order chi connectivity index (χ0) is 17.9. The van der Waals surface area contributed by atoms with Gasteiger partial charge in [-0.15, -0.1) is 0 Å². The maximum absolute atomic E-state index is 11.1. The van der Waals surface area contributed by atoms with Gasteiger partial charge in [0.2, 0.25) is 0 Å². The maximum Gasteiger partial charge on any atom is 0.407 e. The summed E-state index contributed by atoms with van der Waals surface area (Å²) in [7, 11) is 0. The molecule has 0 aromatic rings. The largest absolute Gasteiger partial charge is 0.447 e. The Balaban J connectivity index is 3.20. The Morgan fingerprint density at radius 3 is 1.42 bits per heavy atom. The summed E-state index contributed by atoms with van der Waals surface area (Å²) >= 11 is 0. The predicted molar refractivity (Wildman–Crippen MR) is 83.7 cm³/mol. The summed E-state index contributed by atoms with van der Waals surface area (Å²) in [5, 5.41) is 22.0. The first-order valence-electron chi connectivity index (χ1n) is 7.89. The second-order valence-electron chi connectivity index (χ2n) is 4.50. The molecule has 0 saturated carbocycles. The summed E-state index contributed by atoms with van der Waals surface area (Å²) in [6, 6.07) is 0. The minimum atomic E-state index is -0.544.